The lowest BCUT2D eigenvalue weighted by atomic mass is 10.0. The molecule has 0 saturated carbocycles. The maximum absolute atomic E-state index is 12.9. The van der Waals surface area contributed by atoms with E-state index >= 15 is 0 Å². The molecule has 7 nitrogen and oxygen atoms in total. The Morgan fingerprint density at radius 1 is 0.875 bits per heavy atom. The van der Waals surface area contributed by atoms with Gasteiger partial charge in [0.15, 0.2) is 18.1 Å². The topological polar surface area (TPSA) is 68.3 Å². The van der Waals surface area contributed by atoms with Crippen molar-refractivity contribution in [2.24, 2.45) is 0 Å². The molecule has 3 rings (SSSR count). The molecule has 2 aromatic carbocycles. The van der Waals surface area contributed by atoms with E-state index in [-0.39, 0.29) is 18.4 Å². The molecule has 1 aliphatic heterocycles. The fraction of sp³-hybridized carbons (Fsp3) is 0.440. The SMILES string of the molecule is COc1ccc(C(=O)N2CCN(C(=O)COc3cc(C(C)C)ccc3C)CC2)cc1OC. The van der Waals surface area contributed by atoms with Gasteiger partial charge in [0.2, 0.25) is 0 Å². The van der Waals surface area contributed by atoms with E-state index in [1.165, 1.54) is 5.56 Å². The van der Waals surface area contributed by atoms with Crippen LogP contribution < -0.4 is 14.2 Å². The lowest BCUT2D eigenvalue weighted by Gasteiger charge is -2.34. The Labute approximate surface area is 189 Å². The molecule has 32 heavy (non-hydrogen) atoms. The second-order valence-electron chi connectivity index (χ2n) is 8.21. The van der Waals surface area contributed by atoms with Crippen molar-refractivity contribution in [1.82, 2.24) is 9.80 Å². The number of hydrogen-bond donors (Lipinski definition) is 0. The van der Waals surface area contributed by atoms with Gasteiger partial charge in [0.25, 0.3) is 11.8 Å². The molecular weight excluding hydrogens is 408 g/mol. The third kappa shape index (κ3) is 5.33. The molecule has 0 radical (unpaired) electrons. The smallest absolute Gasteiger partial charge is 0.260 e. The fourth-order valence-electron chi connectivity index (χ4n) is 3.67. The van der Waals surface area contributed by atoms with Crippen molar-refractivity contribution in [1.29, 1.82) is 0 Å². The molecule has 0 bridgehead atoms. The highest BCUT2D eigenvalue weighted by Gasteiger charge is 2.26. The number of carbonyl (C=O) groups is 2. The summed E-state index contributed by atoms with van der Waals surface area (Å²) in [6.07, 6.45) is 0. The van der Waals surface area contributed by atoms with Gasteiger partial charge in [-0.25, -0.2) is 0 Å². The van der Waals surface area contributed by atoms with Gasteiger partial charge < -0.3 is 24.0 Å². The standard InChI is InChI=1S/C25H32N2O5/c1-17(2)19-7-6-18(3)22(14-19)32-16-24(28)26-10-12-27(13-11-26)25(29)20-8-9-21(30-4)23(15-20)31-5/h6-9,14-15,17H,10-13,16H2,1-5H3. The van der Waals surface area contributed by atoms with Gasteiger partial charge in [0.1, 0.15) is 5.75 Å². The highest BCUT2D eigenvalue weighted by atomic mass is 16.5. The van der Waals surface area contributed by atoms with Crippen LogP contribution in [0.15, 0.2) is 36.4 Å². The molecule has 0 aliphatic carbocycles. The van der Waals surface area contributed by atoms with Crippen molar-refractivity contribution in [3.05, 3.63) is 53.1 Å². The highest BCUT2D eigenvalue weighted by molar-refractivity contribution is 5.95. The van der Waals surface area contributed by atoms with Crippen LogP contribution in [0.1, 0.15) is 41.3 Å². The maximum Gasteiger partial charge on any atom is 0.260 e. The van der Waals surface area contributed by atoms with E-state index in [1.807, 2.05) is 19.1 Å². The minimum absolute atomic E-state index is 0.00792. The number of hydrogen-bond acceptors (Lipinski definition) is 5. The monoisotopic (exact) mass is 440 g/mol. The normalized spacial score (nSPS) is 13.8. The molecule has 0 N–H and O–H groups in total. The van der Waals surface area contributed by atoms with Crippen molar-refractivity contribution in [2.75, 3.05) is 47.0 Å². The summed E-state index contributed by atoms with van der Waals surface area (Å²) < 4.78 is 16.4. The average Bonchev–Trinajstić information content (AvgIpc) is 2.82. The molecular formula is C25H32N2O5. The third-order valence-corrected chi connectivity index (χ3v) is 5.78. The average molecular weight is 441 g/mol. The summed E-state index contributed by atoms with van der Waals surface area (Å²) in [5, 5.41) is 0. The molecule has 7 heteroatoms. The molecule has 172 valence electrons. The van der Waals surface area contributed by atoms with Crippen molar-refractivity contribution in [3.63, 3.8) is 0 Å². The number of benzene rings is 2. The largest absolute Gasteiger partial charge is 0.493 e. The summed E-state index contributed by atoms with van der Waals surface area (Å²) in [5.41, 5.74) is 2.72. The van der Waals surface area contributed by atoms with Crippen LogP contribution >= 0.6 is 0 Å². The van der Waals surface area contributed by atoms with Crippen LogP contribution in [-0.2, 0) is 4.79 Å². The predicted molar refractivity (Wildman–Crippen MR) is 123 cm³/mol. The first kappa shape index (κ1) is 23.4. The molecule has 2 aromatic rings. The first-order valence-electron chi connectivity index (χ1n) is 10.9. The van der Waals surface area contributed by atoms with Crippen LogP contribution in [0.25, 0.3) is 0 Å². The molecule has 1 fully saturated rings. The summed E-state index contributed by atoms with van der Waals surface area (Å²) >= 11 is 0. The quantitative estimate of drug-likeness (QED) is 0.659. The molecule has 0 unspecified atom stereocenters. The van der Waals surface area contributed by atoms with Gasteiger partial charge in [-0.3, -0.25) is 9.59 Å². The Hall–Kier alpha value is -3.22. The number of methoxy groups -OCH3 is 2. The van der Waals surface area contributed by atoms with Crippen LogP contribution in [0.4, 0.5) is 0 Å². The zero-order valence-electron chi connectivity index (χ0n) is 19.5. The van der Waals surface area contributed by atoms with Gasteiger partial charge in [-0.15, -0.1) is 0 Å². The Balaban J connectivity index is 1.55. The van der Waals surface area contributed by atoms with Gasteiger partial charge in [0, 0.05) is 31.7 Å². The number of carbonyl (C=O) groups excluding carboxylic acids is 2. The highest BCUT2D eigenvalue weighted by Crippen LogP contribution is 2.28. The van der Waals surface area contributed by atoms with Crippen LogP contribution in [0.5, 0.6) is 17.2 Å². The van der Waals surface area contributed by atoms with Gasteiger partial charge in [-0.2, -0.15) is 0 Å². The lowest BCUT2D eigenvalue weighted by Crippen LogP contribution is -2.51. The molecule has 2 amide bonds. The summed E-state index contributed by atoms with van der Waals surface area (Å²) in [7, 11) is 3.10. The molecule has 1 aliphatic rings. The van der Waals surface area contributed by atoms with Crippen LogP contribution in [0, 0.1) is 6.92 Å². The van der Waals surface area contributed by atoms with Crippen molar-refractivity contribution < 1.29 is 23.8 Å². The molecule has 1 saturated heterocycles. The minimum Gasteiger partial charge on any atom is -0.493 e. The zero-order chi connectivity index (χ0) is 23.3. The summed E-state index contributed by atoms with van der Waals surface area (Å²) in [6.45, 7) is 8.12. The molecule has 1 heterocycles. The van der Waals surface area contributed by atoms with Gasteiger partial charge in [-0.05, 0) is 48.2 Å². The first-order chi connectivity index (χ1) is 15.3. The number of ether oxygens (including phenoxy) is 3. The van der Waals surface area contributed by atoms with Crippen molar-refractivity contribution in [2.45, 2.75) is 26.7 Å². The third-order valence-electron chi connectivity index (χ3n) is 5.78. The molecule has 0 spiro atoms. The van der Waals surface area contributed by atoms with E-state index in [4.69, 9.17) is 14.2 Å². The van der Waals surface area contributed by atoms with Crippen molar-refractivity contribution in [3.8, 4) is 17.2 Å². The van der Waals surface area contributed by atoms with Gasteiger partial charge >= 0.3 is 0 Å². The number of rotatable bonds is 7. The maximum atomic E-state index is 12.9. The Bertz CT molecular complexity index is 965. The molecule has 0 aromatic heterocycles. The van der Waals surface area contributed by atoms with E-state index in [1.54, 1.807) is 42.2 Å². The Kier molecular flexibility index (Phi) is 7.62. The second kappa shape index (κ2) is 10.4. The van der Waals surface area contributed by atoms with Crippen LogP contribution in [0.2, 0.25) is 0 Å². The lowest BCUT2D eigenvalue weighted by molar-refractivity contribution is -0.134. The van der Waals surface area contributed by atoms with Gasteiger partial charge in [-0.1, -0.05) is 26.0 Å². The fourth-order valence-corrected chi connectivity index (χ4v) is 3.67. The van der Waals surface area contributed by atoms with Crippen LogP contribution in [-0.4, -0.2) is 68.6 Å². The van der Waals surface area contributed by atoms with E-state index in [9.17, 15) is 9.59 Å². The van der Waals surface area contributed by atoms with Gasteiger partial charge in [0.05, 0.1) is 14.2 Å². The first-order valence-corrected chi connectivity index (χ1v) is 10.9. The van der Waals surface area contributed by atoms with Crippen LogP contribution in [0.3, 0.4) is 0 Å². The Morgan fingerprint density at radius 2 is 1.53 bits per heavy atom. The minimum atomic E-state index is -0.0876. The second-order valence-corrected chi connectivity index (χ2v) is 8.21. The van der Waals surface area contributed by atoms with E-state index in [0.717, 1.165) is 11.3 Å². The van der Waals surface area contributed by atoms with E-state index in [2.05, 4.69) is 19.9 Å². The summed E-state index contributed by atoms with van der Waals surface area (Å²) in [5.74, 6) is 2.07. The molecule has 0 atom stereocenters. The van der Waals surface area contributed by atoms with E-state index < -0.39 is 0 Å². The number of amides is 2. The number of piperazine rings is 1. The summed E-state index contributed by atoms with van der Waals surface area (Å²) in [6, 6.07) is 11.2. The Morgan fingerprint density at radius 3 is 2.16 bits per heavy atom. The zero-order valence-corrected chi connectivity index (χ0v) is 19.5. The van der Waals surface area contributed by atoms with E-state index in [0.29, 0.717) is 49.2 Å². The predicted octanol–water partition coefficient (Wildman–Crippen LogP) is 3.50. The summed E-state index contributed by atoms with van der Waals surface area (Å²) in [4.78, 5) is 29.1. The number of nitrogens with zero attached hydrogens (tertiary/aromatic N) is 2. The number of aryl methyl sites for hydroxylation is 1. The van der Waals surface area contributed by atoms with Crippen molar-refractivity contribution >= 4 is 11.8 Å².